The predicted octanol–water partition coefficient (Wildman–Crippen LogP) is 1.21. The van der Waals surface area contributed by atoms with Gasteiger partial charge in [-0.15, -0.1) is 20.4 Å². The molecule has 94 valence electrons. The van der Waals surface area contributed by atoms with Gasteiger partial charge in [-0.25, -0.2) is 0 Å². The molecule has 0 radical (unpaired) electrons. The first kappa shape index (κ1) is 11.4. The smallest absolute Gasteiger partial charge is 0.217 e. The lowest BCUT2D eigenvalue weighted by Gasteiger charge is -2.11. The summed E-state index contributed by atoms with van der Waals surface area (Å²) in [5, 5.41) is 16.6. The van der Waals surface area contributed by atoms with Crippen LogP contribution in [0.4, 0.5) is 0 Å². The quantitative estimate of drug-likeness (QED) is 0.783. The largest absolute Gasteiger partial charge is 0.286 e. The van der Waals surface area contributed by atoms with E-state index in [1.54, 1.807) is 0 Å². The minimum atomic E-state index is 0.579. The zero-order valence-electron chi connectivity index (χ0n) is 10.3. The Morgan fingerprint density at radius 3 is 1.33 bits per heavy atom. The van der Waals surface area contributed by atoms with Crippen molar-refractivity contribution in [1.82, 2.24) is 20.4 Å². The molecular formula is C12H16N6. The first-order valence-corrected chi connectivity index (χ1v) is 6.58. The molecule has 0 bridgehead atoms. The average Bonchev–Trinajstić information content (AvgIpc) is 2.49. The number of hydrogen-bond acceptors (Lipinski definition) is 6. The van der Waals surface area contributed by atoms with Gasteiger partial charge in [-0.3, -0.25) is 9.98 Å². The number of rotatable bonds is 2. The number of nitrogens with zero attached hydrogens (tertiary/aromatic N) is 6. The van der Waals surface area contributed by atoms with E-state index in [0.29, 0.717) is 11.6 Å². The lowest BCUT2D eigenvalue weighted by atomic mass is 10.1. The Bertz CT molecular complexity index is 431. The average molecular weight is 244 g/mol. The molecule has 0 fully saturated rings. The Balaban J connectivity index is 1.80. The zero-order chi connectivity index (χ0) is 12.2. The van der Waals surface area contributed by atoms with Crippen LogP contribution in [0.3, 0.4) is 0 Å². The molecule has 0 aliphatic carbocycles. The molecule has 0 saturated heterocycles. The van der Waals surface area contributed by atoms with Gasteiger partial charge in [0.15, 0.2) is 0 Å². The highest BCUT2D eigenvalue weighted by molar-refractivity contribution is 5.99. The predicted molar refractivity (Wildman–Crippen MR) is 68.1 cm³/mol. The molecule has 2 aliphatic rings. The molecule has 0 aromatic carbocycles. The molecule has 6 nitrogen and oxygen atoms in total. The number of aromatic nitrogens is 4. The maximum absolute atomic E-state index is 4.42. The van der Waals surface area contributed by atoms with E-state index >= 15 is 0 Å². The summed E-state index contributed by atoms with van der Waals surface area (Å²) in [4.78, 5) is 8.85. The van der Waals surface area contributed by atoms with Crippen LogP contribution in [0.5, 0.6) is 0 Å². The van der Waals surface area contributed by atoms with Crippen molar-refractivity contribution in [2.24, 2.45) is 9.98 Å². The molecule has 1 aromatic rings. The Morgan fingerprint density at radius 1 is 0.556 bits per heavy atom. The van der Waals surface area contributed by atoms with Crippen molar-refractivity contribution in [3.05, 3.63) is 11.6 Å². The fourth-order valence-corrected chi connectivity index (χ4v) is 2.22. The summed E-state index contributed by atoms with van der Waals surface area (Å²) in [6.45, 7) is 1.74. The van der Waals surface area contributed by atoms with E-state index in [-0.39, 0.29) is 0 Å². The first-order valence-electron chi connectivity index (χ1n) is 6.58. The van der Waals surface area contributed by atoms with Crippen molar-refractivity contribution in [2.45, 2.75) is 38.5 Å². The summed E-state index contributed by atoms with van der Waals surface area (Å²) in [7, 11) is 0. The van der Waals surface area contributed by atoms with Crippen molar-refractivity contribution in [2.75, 3.05) is 13.1 Å². The van der Waals surface area contributed by atoms with E-state index < -0.39 is 0 Å². The lowest BCUT2D eigenvalue weighted by molar-refractivity contribution is 0.713. The normalized spacial score (nSPS) is 20.2. The summed E-state index contributed by atoms with van der Waals surface area (Å²) in [5.74, 6) is 1.16. The maximum atomic E-state index is 4.42. The Morgan fingerprint density at radius 2 is 1.00 bits per heavy atom. The van der Waals surface area contributed by atoms with Crippen LogP contribution < -0.4 is 0 Å². The van der Waals surface area contributed by atoms with Crippen molar-refractivity contribution < 1.29 is 0 Å². The Kier molecular flexibility index (Phi) is 3.34. The standard InChI is InChI=1S/C12H16N6/c1-3-7-13-9(5-1)11-15-17-12(18-16-11)10-6-2-4-8-14-10/h1-8H2. The summed E-state index contributed by atoms with van der Waals surface area (Å²) in [5.41, 5.74) is 1.89. The third-order valence-electron chi connectivity index (χ3n) is 3.24. The first-order chi connectivity index (χ1) is 8.93. The summed E-state index contributed by atoms with van der Waals surface area (Å²) in [6.07, 6.45) is 6.47. The molecule has 6 heteroatoms. The molecule has 0 unspecified atom stereocenters. The van der Waals surface area contributed by atoms with Crippen molar-refractivity contribution >= 4 is 11.4 Å². The molecule has 2 aliphatic heterocycles. The third kappa shape index (κ3) is 2.42. The van der Waals surface area contributed by atoms with E-state index in [0.717, 1.165) is 63.0 Å². The van der Waals surface area contributed by atoms with Gasteiger partial charge in [0.1, 0.15) is 0 Å². The highest BCUT2D eigenvalue weighted by Gasteiger charge is 2.15. The van der Waals surface area contributed by atoms with Crippen LogP contribution in [0.1, 0.15) is 50.2 Å². The van der Waals surface area contributed by atoms with Gasteiger partial charge in [0.2, 0.25) is 11.6 Å². The van der Waals surface area contributed by atoms with Crippen LogP contribution in [-0.4, -0.2) is 44.9 Å². The Hall–Kier alpha value is -1.72. The topological polar surface area (TPSA) is 76.3 Å². The van der Waals surface area contributed by atoms with E-state index in [1.807, 2.05) is 0 Å². The van der Waals surface area contributed by atoms with E-state index in [2.05, 4.69) is 30.4 Å². The van der Waals surface area contributed by atoms with Gasteiger partial charge < -0.3 is 0 Å². The molecule has 0 spiro atoms. The van der Waals surface area contributed by atoms with Crippen LogP contribution in [0.15, 0.2) is 9.98 Å². The second-order valence-corrected chi connectivity index (χ2v) is 4.62. The maximum Gasteiger partial charge on any atom is 0.217 e. The SMILES string of the molecule is C1CCC(c2nnc(C3=NCCCC3)nn2)=NC1. The second kappa shape index (κ2) is 5.29. The fourth-order valence-electron chi connectivity index (χ4n) is 2.22. The number of hydrogen-bond donors (Lipinski definition) is 0. The van der Waals surface area contributed by atoms with Gasteiger partial charge in [0.05, 0.1) is 11.4 Å². The van der Waals surface area contributed by atoms with E-state index in [9.17, 15) is 0 Å². The van der Waals surface area contributed by atoms with Crippen molar-refractivity contribution in [3.63, 3.8) is 0 Å². The number of aliphatic imine (C=N–C) groups is 2. The molecule has 18 heavy (non-hydrogen) atoms. The van der Waals surface area contributed by atoms with Gasteiger partial charge >= 0.3 is 0 Å². The molecule has 1 aromatic heterocycles. The molecule has 0 atom stereocenters. The monoisotopic (exact) mass is 244 g/mol. The van der Waals surface area contributed by atoms with Gasteiger partial charge in [0.25, 0.3) is 0 Å². The minimum Gasteiger partial charge on any atom is -0.286 e. The van der Waals surface area contributed by atoms with Crippen molar-refractivity contribution in [1.29, 1.82) is 0 Å². The van der Waals surface area contributed by atoms with Crippen LogP contribution in [0.2, 0.25) is 0 Å². The summed E-state index contributed by atoms with van der Waals surface area (Å²) in [6, 6.07) is 0. The highest BCUT2D eigenvalue weighted by atomic mass is 15.3. The molecule has 3 heterocycles. The molecule has 3 rings (SSSR count). The van der Waals surface area contributed by atoms with Gasteiger partial charge in [0, 0.05) is 13.1 Å². The van der Waals surface area contributed by atoms with Gasteiger partial charge in [-0.05, 0) is 38.5 Å². The van der Waals surface area contributed by atoms with E-state index in [1.165, 1.54) is 0 Å². The molecule has 0 saturated carbocycles. The van der Waals surface area contributed by atoms with E-state index in [4.69, 9.17) is 0 Å². The van der Waals surface area contributed by atoms with Crippen LogP contribution >= 0.6 is 0 Å². The molecule has 0 N–H and O–H groups in total. The molecular weight excluding hydrogens is 228 g/mol. The highest BCUT2D eigenvalue weighted by Crippen LogP contribution is 2.11. The fraction of sp³-hybridized carbons (Fsp3) is 0.667. The molecule has 0 amide bonds. The summed E-state index contributed by atoms with van der Waals surface area (Å²) < 4.78 is 0. The zero-order valence-corrected chi connectivity index (χ0v) is 10.3. The van der Waals surface area contributed by atoms with Crippen molar-refractivity contribution in [3.8, 4) is 0 Å². The van der Waals surface area contributed by atoms with Crippen LogP contribution in [0, 0.1) is 0 Å². The van der Waals surface area contributed by atoms with Gasteiger partial charge in [-0.2, -0.15) is 0 Å². The van der Waals surface area contributed by atoms with Crippen LogP contribution in [0.25, 0.3) is 0 Å². The Labute approximate surface area is 106 Å². The van der Waals surface area contributed by atoms with Gasteiger partial charge in [-0.1, -0.05) is 0 Å². The second-order valence-electron chi connectivity index (χ2n) is 4.62. The minimum absolute atomic E-state index is 0.579. The summed E-state index contributed by atoms with van der Waals surface area (Å²) >= 11 is 0. The van der Waals surface area contributed by atoms with Crippen LogP contribution in [-0.2, 0) is 0 Å². The lowest BCUT2D eigenvalue weighted by Crippen LogP contribution is -2.18. The third-order valence-corrected chi connectivity index (χ3v) is 3.24.